The maximum absolute atomic E-state index is 10.1. The van der Waals surface area contributed by atoms with E-state index < -0.39 is 5.72 Å². The summed E-state index contributed by atoms with van der Waals surface area (Å²) >= 11 is 0. The van der Waals surface area contributed by atoms with E-state index in [2.05, 4.69) is 14.1 Å². The molecular weight excluding hydrogens is 185 g/mol. The Morgan fingerprint density at radius 3 is 2.53 bits per heavy atom. The molecule has 2 nitrogen and oxygen atoms in total. The molecule has 1 unspecified atom stereocenters. The number of nitrogens with two attached hydrogens (primary N) is 1. The SMILES string of the molecule is B=C(/C=C\C=C)C(N)(O)c1ccccc1. The summed E-state index contributed by atoms with van der Waals surface area (Å²) in [6, 6.07) is 9.01. The summed E-state index contributed by atoms with van der Waals surface area (Å²) in [5.74, 6) is 0. The predicted octanol–water partition coefficient (Wildman–Crippen LogP) is 0.606. The fourth-order valence-electron chi connectivity index (χ4n) is 1.19. The molecule has 1 aromatic carbocycles. The third-order valence-electron chi connectivity index (χ3n) is 2.14. The standard InChI is InChI=1S/C12H14BNO/c1-2-3-9-11(13)12(14,15)10-7-5-4-6-8-10/h2-9,13,15H,1,14H2/b9-3-. The van der Waals surface area contributed by atoms with Crippen LogP contribution in [0.4, 0.5) is 0 Å². The van der Waals surface area contributed by atoms with Crippen LogP contribution in [0.2, 0.25) is 0 Å². The van der Waals surface area contributed by atoms with Crippen LogP contribution in [0.25, 0.3) is 0 Å². The molecule has 1 aromatic rings. The first-order valence-corrected chi connectivity index (χ1v) is 4.64. The van der Waals surface area contributed by atoms with Crippen molar-refractivity contribution >= 4 is 13.0 Å². The minimum absolute atomic E-state index is 0.425. The Morgan fingerprint density at radius 1 is 1.40 bits per heavy atom. The van der Waals surface area contributed by atoms with Gasteiger partial charge in [-0.25, -0.2) is 0 Å². The first kappa shape index (κ1) is 11.6. The number of allylic oxidation sites excluding steroid dienone is 2. The van der Waals surface area contributed by atoms with Crippen molar-refractivity contribution in [2.24, 2.45) is 5.73 Å². The van der Waals surface area contributed by atoms with Crippen LogP contribution in [-0.4, -0.2) is 18.1 Å². The van der Waals surface area contributed by atoms with Gasteiger partial charge in [0.25, 0.3) is 0 Å². The van der Waals surface area contributed by atoms with Crippen LogP contribution in [0.15, 0.2) is 55.1 Å². The third kappa shape index (κ3) is 2.75. The molecule has 0 fully saturated rings. The van der Waals surface area contributed by atoms with Gasteiger partial charge in [-0.1, -0.05) is 0 Å². The van der Waals surface area contributed by atoms with Crippen LogP contribution in [-0.2, 0) is 5.72 Å². The summed E-state index contributed by atoms with van der Waals surface area (Å²) in [6.45, 7) is 3.54. The molecule has 0 aliphatic heterocycles. The van der Waals surface area contributed by atoms with Gasteiger partial charge in [-0.05, 0) is 0 Å². The zero-order chi connectivity index (χ0) is 11.3. The van der Waals surface area contributed by atoms with E-state index >= 15 is 0 Å². The Labute approximate surface area is 90.8 Å². The van der Waals surface area contributed by atoms with Crippen molar-refractivity contribution in [2.75, 3.05) is 0 Å². The van der Waals surface area contributed by atoms with E-state index in [1.807, 2.05) is 18.2 Å². The van der Waals surface area contributed by atoms with Gasteiger partial charge in [0, 0.05) is 0 Å². The molecule has 0 saturated heterocycles. The molecule has 76 valence electrons. The van der Waals surface area contributed by atoms with Crippen molar-refractivity contribution in [2.45, 2.75) is 5.72 Å². The minimum atomic E-state index is -1.53. The maximum atomic E-state index is 10.1. The summed E-state index contributed by atoms with van der Waals surface area (Å²) in [4.78, 5) is 0. The van der Waals surface area contributed by atoms with Gasteiger partial charge in [0.05, 0.1) is 0 Å². The molecule has 0 aliphatic carbocycles. The van der Waals surface area contributed by atoms with Gasteiger partial charge in [0.1, 0.15) is 0 Å². The number of rotatable bonds is 4. The summed E-state index contributed by atoms with van der Waals surface area (Å²) in [5, 5.41) is 10.1. The van der Waals surface area contributed by atoms with Gasteiger partial charge >= 0.3 is 90.2 Å². The third-order valence-corrected chi connectivity index (χ3v) is 2.14. The Hall–Kier alpha value is -1.45. The van der Waals surface area contributed by atoms with E-state index in [0.717, 1.165) is 0 Å². The van der Waals surface area contributed by atoms with Gasteiger partial charge in [0.15, 0.2) is 0 Å². The molecule has 0 radical (unpaired) electrons. The predicted molar refractivity (Wildman–Crippen MR) is 66.0 cm³/mol. The van der Waals surface area contributed by atoms with E-state index in [1.54, 1.807) is 30.4 Å². The molecule has 0 aromatic heterocycles. The molecule has 15 heavy (non-hydrogen) atoms. The monoisotopic (exact) mass is 199 g/mol. The molecule has 0 bridgehead atoms. The van der Waals surface area contributed by atoms with Gasteiger partial charge in [-0.2, -0.15) is 0 Å². The van der Waals surface area contributed by atoms with Crippen molar-refractivity contribution in [1.82, 2.24) is 0 Å². The van der Waals surface area contributed by atoms with Crippen LogP contribution in [0.3, 0.4) is 0 Å². The van der Waals surface area contributed by atoms with Crippen LogP contribution < -0.4 is 5.73 Å². The fraction of sp³-hybridized carbons (Fsp3) is 0.0833. The van der Waals surface area contributed by atoms with E-state index in [0.29, 0.717) is 11.0 Å². The first-order valence-electron chi connectivity index (χ1n) is 4.64. The number of hydrogen-bond donors (Lipinski definition) is 2. The van der Waals surface area contributed by atoms with Gasteiger partial charge < -0.3 is 0 Å². The second-order valence-electron chi connectivity index (χ2n) is 3.25. The average Bonchev–Trinajstić information content (AvgIpc) is 2.27. The topological polar surface area (TPSA) is 46.2 Å². The van der Waals surface area contributed by atoms with Gasteiger partial charge in [-0.15, -0.1) is 0 Å². The first-order chi connectivity index (χ1) is 7.09. The van der Waals surface area contributed by atoms with Crippen molar-refractivity contribution < 1.29 is 5.11 Å². The Bertz CT molecular complexity index is 382. The van der Waals surface area contributed by atoms with Crippen molar-refractivity contribution in [1.29, 1.82) is 0 Å². The second-order valence-corrected chi connectivity index (χ2v) is 3.25. The Morgan fingerprint density at radius 2 is 2.00 bits per heavy atom. The molecule has 0 heterocycles. The van der Waals surface area contributed by atoms with E-state index in [9.17, 15) is 5.11 Å². The molecule has 0 amide bonds. The molecule has 0 saturated carbocycles. The van der Waals surface area contributed by atoms with Crippen LogP contribution >= 0.6 is 0 Å². The molecule has 1 atom stereocenters. The van der Waals surface area contributed by atoms with E-state index in [-0.39, 0.29) is 0 Å². The zero-order valence-corrected chi connectivity index (χ0v) is 8.56. The summed E-state index contributed by atoms with van der Waals surface area (Å²) in [5.41, 5.74) is 5.30. The molecular formula is C12H14BNO. The summed E-state index contributed by atoms with van der Waals surface area (Å²) in [7, 11) is 3.73. The normalized spacial score (nSPS) is 14.7. The molecule has 0 aliphatic rings. The zero-order valence-electron chi connectivity index (χ0n) is 8.56. The number of aliphatic hydroxyl groups is 1. The Kier molecular flexibility index (Phi) is 3.77. The summed E-state index contributed by atoms with van der Waals surface area (Å²) < 4.78 is 0. The van der Waals surface area contributed by atoms with Crippen molar-refractivity contribution in [3.63, 3.8) is 0 Å². The number of benzene rings is 1. The van der Waals surface area contributed by atoms with E-state index in [1.165, 1.54) is 0 Å². The summed E-state index contributed by atoms with van der Waals surface area (Å²) in [6.07, 6.45) is 4.93. The van der Waals surface area contributed by atoms with Crippen molar-refractivity contribution in [3.05, 3.63) is 60.7 Å². The van der Waals surface area contributed by atoms with Crippen LogP contribution in [0.1, 0.15) is 5.56 Å². The van der Waals surface area contributed by atoms with E-state index in [4.69, 9.17) is 5.73 Å². The molecule has 0 spiro atoms. The number of hydrogen-bond acceptors (Lipinski definition) is 2. The second kappa shape index (κ2) is 4.87. The van der Waals surface area contributed by atoms with Crippen molar-refractivity contribution in [3.8, 4) is 0 Å². The molecule has 3 N–H and O–H groups in total. The average molecular weight is 199 g/mol. The molecule has 3 heteroatoms. The fourth-order valence-corrected chi connectivity index (χ4v) is 1.19. The van der Waals surface area contributed by atoms with Crippen LogP contribution in [0, 0.1) is 0 Å². The van der Waals surface area contributed by atoms with Crippen LogP contribution in [0.5, 0.6) is 0 Å². The van der Waals surface area contributed by atoms with Gasteiger partial charge in [0.2, 0.25) is 0 Å². The van der Waals surface area contributed by atoms with Gasteiger partial charge in [-0.3, -0.25) is 0 Å². The Balaban J connectivity index is 2.97. The quantitative estimate of drug-likeness (QED) is 0.424. The molecule has 1 rings (SSSR count).